The zero-order chi connectivity index (χ0) is 31.6. The molecule has 3 unspecified atom stereocenters. The zero-order valence-corrected chi connectivity index (χ0v) is 32.3. The monoisotopic (exact) mass is 642 g/mol. The Morgan fingerprint density at radius 2 is 0.550 bits per heavy atom. The van der Waals surface area contributed by atoms with Crippen LogP contribution in [0.2, 0.25) is 0 Å². The molecule has 240 valence electrons. The van der Waals surface area contributed by atoms with Crippen LogP contribution < -0.4 is 14.7 Å². The Morgan fingerprint density at radius 1 is 0.400 bits per heavy atom. The second-order valence-electron chi connectivity index (χ2n) is 11.0. The molecule has 40 heavy (non-hydrogen) atoms. The van der Waals surface area contributed by atoms with Crippen LogP contribution in [0.4, 0.5) is 0 Å². The average molecular weight is 643 g/mol. The molecule has 0 heterocycles. The number of hydrogen-bond donors (Lipinski definition) is 0. The summed E-state index contributed by atoms with van der Waals surface area (Å²) in [5.74, 6) is 0. The summed E-state index contributed by atoms with van der Waals surface area (Å²) >= 11 is 0. The van der Waals surface area contributed by atoms with Gasteiger partial charge in [0.1, 0.15) is 0 Å². The van der Waals surface area contributed by atoms with Crippen LogP contribution in [0.3, 0.4) is 0 Å². The third-order valence-electron chi connectivity index (χ3n) is 9.51. The molecule has 0 radical (unpaired) electrons. The molecular weight excluding hydrogens is 576 g/mol. The van der Waals surface area contributed by atoms with Crippen molar-refractivity contribution in [3.63, 3.8) is 0 Å². The molecule has 0 spiro atoms. The summed E-state index contributed by atoms with van der Waals surface area (Å²) in [6.07, 6.45) is 10.7. The fourth-order valence-corrected chi connectivity index (χ4v) is 12.8. The Hall–Kier alpha value is 1.10. The third kappa shape index (κ3) is 12.6. The van der Waals surface area contributed by atoms with Gasteiger partial charge >= 0.3 is 17.4 Å². The molecule has 0 N–H and O–H groups in total. The molecule has 0 aliphatic heterocycles. The van der Waals surface area contributed by atoms with Gasteiger partial charge in [0.05, 0.1) is 0 Å². The van der Waals surface area contributed by atoms with Gasteiger partial charge in [0.15, 0.2) is 0 Å². The quantitative estimate of drug-likeness (QED) is 0.109. The zero-order valence-electron chi connectivity index (χ0n) is 28.5. The first-order chi connectivity index (χ1) is 18.0. The Morgan fingerprint density at radius 3 is 0.625 bits per heavy atom. The summed E-state index contributed by atoms with van der Waals surface area (Å²) in [4.78, 5) is 35.7. The van der Waals surface area contributed by atoms with Crippen LogP contribution in [0, 0.1) is 0 Å². The predicted molar refractivity (Wildman–Crippen MR) is 175 cm³/mol. The molecule has 0 bridgehead atoms. The second-order valence-corrected chi connectivity index (χ2v) is 19.8. The van der Waals surface area contributed by atoms with E-state index in [0.29, 0.717) is 18.5 Å². The van der Waals surface area contributed by atoms with E-state index in [4.69, 9.17) is 0 Å². The van der Waals surface area contributed by atoms with E-state index in [2.05, 4.69) is 20.8 Å². The maximum Gasteiger partial charge on any atom is 3.00 e. The number of rotatable bonds is 18. The standard InChI is InChI=1S/3C10H23O2P.Al/c3*1-5-9-10(6-2,7-3)13(11,12)8-4;/h3*5-9H2,1-4H3,(H,11,12);/q;;;+3/p-3. The fourth-order valence-electron chi connectivity index (χ4n) is 6.17. The normalized spacial score (nSPS) is 16.6. The maximum absolute atomic E-state index is 11.9. The first kappa shape index (κ1) is 48.0. The van der Waals surface area contributed by atoms with Gasteiger partial charge in [-0.1, -0.05) is 102 Å². The predicted octanol–water partition coefficient (Wildman–Crippen LogP) is 8.63. The molecular formula is C30H66AlO6P3. The van der Waals surface area contributed by atoms with E-state index in [1.54, 1.807) is 20.8 Å². The Kier molecular flexibility index (Phi) is 27.1. The summed E-state index contributed by atoms with van der Waals surface area (Å²) < 4.78 is 35.7. The fraction of sp³-hybridized carbons (Fsp3) is 1.00. The minimum absolute atomic E-state index is 0. The van der Waals surface area contributed by atoms with E-state index >= 15 is 0 Å². The van der Waals surface area contributed by atoms with Crippen molar-refractivity contribution in [2.24, 2.45) is 0 Å². The van der Waals surface area contributed by atoms with Gasteiger partial charge in [-0.05, 0) is 76.3 Å². The maximum atomic E-state index is 11.9. The molecule has 6 nitrogen and oxygen atoms in total. The Balaban J connectivity index is -0.000000240. The number of hydrogen-bond acceptors (Lipinski definition) is 6. The van der Waals surface area contributed by atoms with E-state index in [9.17, 15) is 28.4 Å². The molecule has 0 saturated heterocycles. The Bertz CT molecular complexity index is 663. The molecule has 0 amide bonds. The van der Waals surface area contributed by atoms with Gasteiger partial charge < -0.3 is 28.4 Å². The summed E-state index contributed by atoms with van der Waals surface area (Å²) in [5, 5.41) is -1.26. The molecule has 3 atom stereocenters. The molecule has 0 rings (SSSR count). The van der Waals surface area contributed by atoms with Crippen LogP contribution in [0.15, 0.2) is 0 Å². The smallest absolute Gasteiger partial charge is 0.799 e. The summed E-state index contributed by atoms with van der Waals surface area (Å²) in [7, 11) is -9.54. The summed E-state index contributed by atoms with van der Waals surface area (Å²) in [6.45, 7) is 23.3. The minimum Gasteiger partial charge on any atom is -0.799 e. The van der Waals surface area contributed by atoms with Crippen molar-refractivity contribution in [3.8, 4) is 0 Å². The summed E-state index contributed by atoms with van der Waals surface area (Å²) in [6, 6.07) is 0. The topological polar surface area (TPSA) is 120 Å². The van der Waals surface area contributed by atoms with Gasteiger partial charge in [0.25, 0.3) is 0 Å². The SMILES string of the molecule is CCCC(CC)(CC)P(=O)([O-])CC.CCCC(CC)(CC)P(=O)([O-])CC.CCCC(CC)(CC)P(=O)([O-])CC.[Al+3]. The van der Waals surface area contributed by atoms with Crippen LogP contribution in [0.5, 0.6) is 0 Å². The minimum atomic E-state index is -3.18. The van der Waals surface area contributed by atoms with Crippen LogP contribution >= 0.6 is 22.1 Å². The van der Waals surface area contributed by atoms with Crippen molar-refractivity contribution in [1.29, 1.82) is 0 Å². The Labute approximate surface area is 261 Å². The largest absolute Gasteiger partial charge is 3.00 e. The van der Waals surface area contributed by atoms with Gasteiger partial charge in [0.2, 0.25) is 0 Å². The van der Waals surface area contributed by atoms with E-state index in [-0.39, 0.29) is 17.4 Å². The second kappa shape index (κ2) is 22.6. The van der Waals surface area contributed by atoms with E-state index in [0.717, 1.165) is 77.0 Å². The third-order valence-corrected chi connectivity index (χ3v) is 18.9. The van der Waals surface area contributed by atoms with Crippen LogP contribution in [0.25, 0.3) is 0 Å². The average Bonchev–Trinajstić information content (AvgIpc) is 2.93. The molecule has 0 aliphatic carbocycles. The van der Waals surface area contributed by atoms with Gasteiger partial charge in [-0.2, -0.15) is 0 Å². The molecule has 0 aromatic carbocycles. The molecule has 0 fully saturated rings. The van der Waals surface area contributed by atoms with Crippen LogP contribution in [-0.4, -0.2) is 51.3 Å². The molecule has 0 saturated carbocycles. The van der Waals surface area contributed by atoms with Crippen molar-refractivity contribution in [3.05, 3.63) is 0 Å². The van der Waals surface area contributed by atoms with Crippen molar-refractivity contribution >= 4 is 39.5 Å². The van der Waals surface area contributed by atoms with Gasteiger partial charge in [0, 0.05) is 37.6 Å². The molecule has 0 aromatic heterocycles. The van der Waals surface area contributed by atoms with Gasteiger partial charge in [-0.15, -0.1) is 0 Å². The summed E-state index contributed by atoms with van der Waals surface area (Å²) in [5.41, 5.74) is 0. The van der Waals surface area contributed by atoms with Gasteiger partial charge in [-0.3, -0.25) is 0 Å². The molecule has 0 aromatic rings. The van der Waals surface area contributed by atoms with Crippen molar-refractivity contribution < 1.29 is 28.4 Å². The van der Waals surface area contributed by atoms with Gasteiger partial charge in [-0.25, -0.2) is 0 Å². The van der Waals surface area contributed by atoms with Crippen molar-refractivity contribution in [2.75, 3.05) is 18.5 Å². The van der Waals surface area contributed by atoms with Crippen LogP contribution in [-0.2, 0) is 13.7 Å². The van der Waals surface area contributed by atoms with E-state index in [1.165, 1.54) is 0 Å². The van der Waals surface area contributed by atoms with E-state index < -0.39 is 37.6 Å². The van der Waals surface area contributed by atoms with E-state index in [1.807, 2.05) is 41.5 Å². The van der Waals surface area contributed by atoms with Crippen LogP contribution in [0.1, 0.15) is 160 Å². The first-order valence-corrected chi connectivity index (χ1v) is 21.3. The molecule has 0 aliphatic rings. The molecule has 10 heteroatoms. The first-order valence-electron chi connectivity index (χ1n) is 15.9. The van der Waals surface area contributed by atoms with Crippen molar-refractivity contribution in [2.45, 2.75) is 176 Å². The van der Waals surface area contributed by atoms with Crippen molar-refractivity contribution in [1.82, 2.24) is 0 Å².